The van der Waals surface area contributed by atoms with E-state index in [0.29, 0.717) is 11.7 Å². The maximum atomic E-state index is 4.85. The van der Waals surface area contributed by atoms with E-state index in [4.69, 9.17) is 12.2 Å². The summed E-state index contributed by atoms with van der Waals surface area (Å²) >= 11 is 4.85. The quantitative estimate of drug-likeness (QED) is 0.567. The monoisotopic (exact) mass is 158 g/mol. The van der Waals surface area contributed by atoms with E-state index in [1.165, 1.54) is 0 Å². The molecule has 0 aromatic carbocycles. The van der Waals surface area contributed by atoms with E-state index in [1.807, 2.05) is 6.92 Å². The fourth-order valence-corrected chi connectivity index (χ4v) is 0.564. The van der Waals surface area contributed by atoms with Crippen molar-refractivity contribution >= 4 is 17.3 Å². The van der Waals surface area contributed by atoms with Crippen LogP contribution in [-0.2, 0) is 0 Å². The summed E-state index contributed by atoms with van der Waals surface area (Å²) < 4.78 is 0. The Bertz CT molecular complexity index is 170. The Morgan fingerprint density at radius 2 is 2.20 bits per heavy atom. The van der Waals surface area contributed by atoms with Crippen LogP contribution in [0.15, 0.2) is 10.2 Å². The van der Waals surface area contributed by atoms with Crippen LogP contribution in [0.5, 0.6) is 0 Å². The van der Waals surface area contributed by atoms with Gasteiger partial charge in [-0.1, -0.05) is 0 Å². The Kier molecular flexibility index (Phi) is 1.85. The molecule has 5 heteroatoms. The Hall–Kier alpha value is -0.710. The summed E-state index contributed by atoms with van der Waals surface area (Å²) in [6.45, 7) is 2.63. The molecule has 0 bridgehead atoms. The highest BCUT2D eigenvalue weighted by atomic mass is 32.1. The van der Waals surface area contributed by atoms with Crippen molar-refractivity contribution in [2.45, 2.75) is 12.6 Å². The molecule has 1 rings (SSSR count). The maximum Gasteiger partial charge on any atom is 0.205 e. The highest BCUT2D eigenvalue weighted by Gasteiger charge is 2.33. The third kappa shape index (κ3) is 1.91. The summed E-state index contributed by atoms with van der Waals surface area (Å²) in [5.41, 5.74) is -0.207. The molecule has 0 radical (unpaired) electrons. The van der Waals surface area contributed by atoms with E-state index >= 15 is 0 Å². The van der Waals surface area contributed by atoms with Crippen LogP contribution in [0.2, 0.25) is 0 Å². The van der Waals surface area contributed by atoms with Crippen LogP contribution >= 0.6 is 12.2 Å². The topological polar surface area (TPSA) is 48.8 Å². The molecule has 0 saturated carbocycles. The van der Waals surface area contributed by atoms with Crippen LogP contribution in [0.3, 0.4) is 0 Å². The average Bonchev–Trinajstić information content (AvgIpc) is 2.64. The van der Waals surface area contributed by atoms with Crippen LogP contribution < -0.4 is 10.6 Å². The second-order valence-electron chi connectivity index (χ2n) is 2.35. The van der Waals surface area contributed by atoms with Crippen molar-refractivity contribution < 1.29 is 0 Å². The molecule has 1 aliphatic heterocycles. The van der Waals surface area contributed by atoms with E-state index in [1.54, 1.807) is 7.05 Å². The molecule has 0 atom stereocenters. The molecule has 4 nitrogen and oxygen atoms in total. The van der Waals surface area contributed by atoms with Crippen LogP contribution in [0.1, 0.15) is 6.92 Å². The van der Waals surface area contributed by atoms with Gasteiger partial charge in [0.2, 0.25) is 5.66 Å². The first-order valence-electron chi connectivity index (χ1n) is 3.06. The van der Waals surface area contributed by atoms with Gasteiger partial charge >= 0.3 is 0 Å². The first-order valence-corrected chi connectivity index (χ1v) is 3.47. The zero-order chi connectivity index (χ0) is 7.61. The molecular weight excluding hydrogens is 148 g/mol. The van der Waals surface area contributed by atoms with Gasteiger partial charge in [0.25, 0.3) is 0 Å². The van der Waals surface area contributed by atoms with Gasteiger partial charge in [0.15, 0.2) is 5.11 Å². The van der Waals surface area contributed by atoms with Crippen LogP contribution in [0.4, 0.5) is 0 Å². The fraction of sp³-hybridized carbons (Fsp3) is 0.800. The number of thiocarbonyl (C=S) groups is 1. The number of hydrogen-bond donors (Lipinski definition) is 2. The lowest BCUT2D eigenvalue weighted by Gasteiger charge is -2.07. The summed E-state index contributed by atoms with van der Waals surface area (Å²) in [5.74, 6) is 0. The van der Waals surface area contributed by atoms with Crippen LogP contribution in [0.25, 0.3) is 0 Å². The summed E-state index contributed by atoms with van der Waals surface area (Å²) in [5, 5.41) is 14.0. The highest BCUT2D eigenvalue weighted by Crippen LogP contribution is 2.25. The van der Waals surface area contributed by atoms with Gasteiger partial charge in [0.05, 0.1) is 6.54 Å². The summed E-state index contributed by atoms with van der Waals surface area (Å²) in [6.07, 6.45) is 0. The predicted octanol–water partition coefficient (Wildman–Crippen LogP) is 0.262. The van der Waals surface area contributed by atoms with Gasteiger partial charge in [-0.05, 0) is 19.1 Å². The standard InChI is InChI=1S/C5H10N4S/c1-5(8-9-5)3-7-4(10)6-2/h3H2,1-2H3,(H2,6,7,10). The minimum absolute atomic E-state index is 0.207. The molecule has 56 valence electrons. The lowest BCUT2D eigenvalue weighted by molar-refractivity contribution is 0.635. The minimum atomic E-state index is -0.207. The Morgan fingerprint density at radius 1 is 1.60 bits per heavy atom. The van der Waals surface area contributed by atoms with Gasteiger partial charge in [0.1, 0.15) is 0 Å². The molecule has 10 heavy (non-hydrogen) atoms. The summed E-state index contributed by atoms with van der Waals surface area (Å²) in [6, 6.07) is 0. The maximum absolute atomic E-state index is 4.85. The second-order valence-corrected chi connectivity index (χ2v) is 2.76. The zero-order valence-electron chi connectivity index (χ0n) is 6.01. The molecule has 0 aliphatic carbocycles. The van der Waals surface area contributed by atoms with Gasteiger partial charge in [-0.25, -0.2) is 0 Å². The van der Waals surface area contributed by atoms with Crippen molar-refractivity contribution in [2.75, 3.05) is 13.6 Å². The number of nitrogens with zero attached hydrogens (tertiary/aromatic N) is 2. The van der Waals surface area contributed by atoms with Crippen LogP contribution in [-0.4, -0.2) is 24.4 Å². The van der Waals surface area contributed by atoms with Crippen LogP contribution in [0, 0.1) is 0 Å². The molecule has 0 unspecified atom stereocenters. The zero-order valence-corrected chi connectivity index (χ0v) is 6.83. The molecule has 1 heterocycles. The first-order chi connectivity index (χ1) is 4.66. The minimum Gasteiger partial charge on any atom is -0.366 e. The molecule has 1 aliphatic rings. The van der Waals surface area contributed by atoms with Crippen molar-refractivity contribution in [2.24, 2.45) is 10.2 Å². The molecule has 0 fully saturated rings. The molecule has 0 aromatic heterocycles. The first kappa shape index (κ1) is 7.40. The fourth-order valence-electron chi connectivity index (χ4n) is 0.492. The Labute approximate surface area is 65.1 Å². The van der Waals surface area contributed by atoms with E-state index in [-0.39, 0.29) is 5.66 Å². The SMILES string of the molecule is CNC(=S)NCC1(C)N=N1. The molecule has 0 amide bonds. The predicted molar refractivity (Wildman–Crippen MR) is 42.9 cm³/mol. The molecular formula is C5H10N4S. The molecule has 0 aromatic rings. The smallest absolute Gasteiger partial charge is 0.205 e. The summed E-state index contributed by atoms with van der Waals surface area (Å²) in [7, 11) is 1.78. The van der Waals surface area contributed by atoms with Gasteiger partial charge in [-0.2, -0.15) is 10.2 Å². The normalized spacial score (nSPS) is 18.2. The average molecular weight is 158 g/mol. The Balaban J connectivity index is 2.11. The third-order valence-corrected chi connectivity index (χ3v) is 1.60. The molecule has 0 saturated heterocycles. The number of rotatable bonds is 2. The highest BCUT2D eigenvalue weighted by molar-refractivity contribution is 7.80. The van der Waals surface area contributed by atoms with Crippen molar-refractivity contribution in [3.63, 3.8) is 0 Å². The van der Waals surface area contributed by atoms with E-state index in [0.717, 1.165) is 0 Å². The van der Waals surface area contributed by atoms with Crippen molar-refractivity contribution in [3.8, 4) is 0 Å². The number of nitrogens with one attached hydrogen (secondary N) is 2. The second kappa shape index (κ2) is 2.49. The number of hydrogen-bond acceptors (Lipinski definition) is 3. The van der Waals surface area contributed by atoms with E-state index in [2.05, 4.69) is 20.9 Å². The van der Waals surface area contributed by atoms with Crippen molar-refractivity contribution in [1.82, 2.24) is 10.6 Å². The van der Waals surface area contributed by atoms with Crippen molar-refractivity contribution in [3.05, 3.63) is 0 Å². The van der Waals surface area contributed by atoms with Gasteiger partial charge in [-0.3, -0.25) is 0 Å². The van der Waals surface area contributed by atoms with E-state index in [9.17, 15) is 0 Å². The largest absolute Gasteiger partial charge is 0.366 e. The molecule has 0 spiro atoms. The summed E-state index contributed by atoms with van der Waals surface area (Å²) in [4.78, 5) is 0. The lowest BCUT2D eigenvalue weighted by Crippen LogP contribution is -2.38. The van der Waals surface area contributed by atoms with Gasteiger partial charge in [-0.15, -0.1) is 0 Å². The lowest BCUT2D eigenvalue weighted by atomic mass is 10.3. The van der Waals surface area contributed by atoms with E-state index < -0.39 is 0 Å². The Morgan fingerprint density at radius 3 is 2.60 bits per heavy atom. The third-order valence-electron chi connectivity index (χ3n) is 1.25. The van der Waals surface area contributed by atoms with Gasteiger partial charge < -0.3 is 10.6 Å². The van der Waals surface area contributed by atoms with Crippen molar-refractivity contribution in [1.29, 1.82) is 0 Å². The van der Waals surface area contributed by atoms with Gasteiger partial charge in [0, 0.05) is 7.05 Å². The molecule has 2 N–H and O–H groups in total.